The Balaban J connectivity index is 0.00000121. The van der Waals surface area contributed by atoms with Gasteiger partial charge in [0.1, 0.15) is 37.1 Å². The van der Waals surface area contributed by atoms with Crippen LogP contribution in [0.3, 0.4) is 0 Å². The zero-order chi connectivity index (χ0) is 14.0. The van der Waals surface area contributed by atoms with Gasteiger partial charge in [-0.25, -0.2) is 30.4 Å². The summed E-state index contributed by atoms with van der Waals surface area (Å²) >= 11 is 2.18. The van der Waals surface area contributed by atoms with E-state index in [2.05, 4.69) is 22.0 Å². The lowest BCUT2D eigenvalue weighted by Gasteiger charge is -2.10. The van der Waals surface area contributed by atoms with E-state index in [0.717, 1.165) is 0 Å². The van der Waals surface area contributed by atoms with Gasteiger partial charge in [-0.3, -0.25) is 0 Å². The van der Waals surface area contributed by atoms with Crippen LogP contribution in [0.4, 0.5) is 22.0 Å². The van der Waals surface area contributed by atoms with Crippen LogP contribution in [-0.2, 0) is 10.1 Å². The van der Waals surface area contributed by atoms with E-state index < -0.39 is 44.1 Å². The van der Waals surface area contributed by atoms with Crippen LogP contribution >= 0.6 is 28.9 Å². The number of benzene rings is 1. The quantitative estimate of drug-likeness (QED) is 0.179. The molecular formula is C6H3F5IO3PS. The van der Waals surface area contributed by atoms with E-state index in [0.29, 0.717) is 0 Å². The van der Waals surface area contributed by atoms with Crippen LogP contribution in [0.15, 0.2) is 4.90 Å². The summed E-state index contributed by atoms with van der Waals surface area (Å²) in [5.74, 6) is -12.8. The first-order chi connectivity index (χ1) is 7.68. The Morgan fingerprint density at radius 2 is 1.06 bits per heavy atom. The molecule has 0 saturated carbocycles. The fourth-order valence-corrected chi connectivity index (χ4v) is 1.42. The normalized spacial score (nSPS) is 11.0. The first-order valence-electron chi connectivity index (χ1n) is 3.42. The lowest BCUT2D eigenvalue weighted by Crippen LogP contribution is -2.12. The Morgan fingerprint density at radius 1 is 0.824 bits per heavy atom. The van der Waals surface area contributed by atoms with E-state index in [-0.39, 0.29) is 0 Å². The Bertz CT molecular complexity index is 506. The van der Waals surface area contributed by atoms with Crippen LogP contribution in [0.2, 0.25) is 0 Å². The van der Waals surface area contributed by atoms with E-state index in [9.17, 15) is 34.9 Å². The molecule has 1 atom stereocenters. The molecule has 0 heterocycles. The minimum Gasteiger partial charge on any atom is -0.744 e. The van der Waals surface area contributed by atoms with Crippen molar-refractivity contribution in [2.24, 2.45) is 0 Å². The molecule has 1 rings (SSSR count). The maximum absolute atomic E-state index is 12.6. The fourth-order valence-electron chi connectivity index (χ4n) is 0.804. The summed E-state index contributed by atoms with van der Waals surface area (Å²) < 4.78 is 92.9. The van der Waals surface area contributed by atoms with E-state index in [1.165, 1.54) is 0 Å². The van der Waals surface area contributed by atoms with Gasteiger partial charge in [-0.2, -0.15) is 0 Å². The average Bonchev–Trinajstić information content (AvgIpc) is 2.25. The van der Waals surface area contributed by atoms with Crippen LogP contribution in [0.25, 0.3) is 0 Å². The predicted octanol–water partition coefficient (Wildman–Crippen LogP) is 2.23. The van der Waals surface area contributed by atoms with Gasteiger partial charge in [0.25, 0.3) is 0 Å². The molecule has 1 aromatic carbocycles. The van der Waals surface area contributed by atoms with Gasteiger partial charge < -0.3 is 4.55 Å². The molecule has 1 aromatic rings. The van der Waals surface area contributed by atoms with Crippen molar-refractivity contribution in [3.8, 4) is 0 Å². The lowest BCUT2D eigenvalue weighted by molar-refractivity contribution is 0.350. The van der Waals surface area contributed by atoms with Gasteiger partial charge >= 0.3 is 0 Å². The molecule has 0 aliphatic carbocycles. The molecule has 0 saturated heterocycles. The molecule has 0 aliphatic heterocycles. The topological polar surface area (TPSA) is 57.2 Å². The van der Waals surface area contributed by atoms with Gasteiger partial charge in [-0.15, -0.1) is 0 Å². The third kappa shape index (κ3) is 3.46. The van der Waals surface area contributed by atoms with Crippen LogP contribution in [0.1, 0.15) is 0 Å². The van der Waals surface area contributed by atoms with Gasteiger partial charge in [0.2, 0.25) is 5.82 Å². The maximum atomic E-state index is 12.6. The molecule has 0 fully saturated rings. The molecule has 0 aromatic heterocycles. The second-order valence-electron chi connectivity index (χ2n) is 2.35. The summed E-state index contributed by atoms with van der Waals surface area (Å²) in [5, 5.41) is 0. The summed E-state index contributed by atoms with van der Waals surface area (Å²) in [7, 11) is -5.77. The van der Waals surface area contributed by atoms with Crippen molar-refractivity contribution >= 4 is 39.0 Å². The molecule has 0 radical (unpaired) electrons. The highest BCUT2D eigenvalue weighted by molar-refractivity contribution is 14.2. The Kier molecular flexibility index (Phi) is 6.19. The molecule has 0 N–H and O–H groups in total. The molecule has 0 bridgehead atoms. The smallest absolute Gasteiger partial charge is 0.200 e. The van der Waals surface area contributed by atoms with Crippen molar-refractivity contribution in [3.05, 3.63) is 29.1 Å². The van der Waals surface area contributed by atoms with Gasteiger partial charge in [0.15, 0.2) is 23.3 Å². The second-order valence-corrected chi connectivity index (χ2v) is 3.67. The van der Waals surface area contributed by atoms with Crippen molar-refractivity contribution in [1.29, 1.82) is 0 Å². The molecule has 3 nitrogen and oxygen atoms in total. The van der Waals surface area contributed by atoms with Crippen molar-refractivity contribution in [2.75, 3.05) is 0 Å². The maximum Gasteiger partial charge on any atom is 0.200 e. The molecule has 1 unspecified atom stereocenters. The monoisotopic (exact) mass is 408 g/mol. The van der Waals surface area contributed by atoms with Crippen LogP contribution in [-0.4, -0.2) is 13.0 Å². The van der Waals surface area contributed by atoms with Crippen LogP contribution in [0.5, 0.6) is 0 Å². The first kappa shape index (κ1) is 16.9. The highest BCUT2D eigenvalue weighted by atomic mass is 127. The van der Waals surface area contributed by atoms with Gasteiger partial charge in [0.05, 0.1) is 0 Å². The largest absolute Gasteiger partial charge is 0.744 e. The van der Waals surface area contributed by atoms with Crippen molar-refractivity contribution in [2.45, 2.75) is 4.90 Å². The molecule has 0 spiro atoms. The van der Waals surface area contributed by atoms with Crippen LogP contribution < -0.4 is 0 Å². The van der Waals surface area contributed by atoms with E-state index in [4.69, 9.17) is 0 Å². The van der Waals surface area contributed by atoms with Gasteiger partial charge in [-0.1, -0.05) is 0 Å². The van der Waals surface area contributed by atoms with E-state index in [1.54, 1.807) is 0 Å². The SMILES string of the molecule is O=S(=O)([O-])c1c(F)c(F)c(F)c(F)c1F.[PH3+]I. The summed E-state index contributed by atoms with van der Waals surface area (Å²) in [6, 6.07) is 0. The van der Waals surface area contributed by atoms with Crippen LogP contribution in [0, 0.1) is 29.1 Å². The van der Waals surface area contributed by atoms with Crippen molar-refractivity contribution < 1.29 is 34.9 Å². The van der Waals surface area contributed by atoms with Crippen molar-refractivity contribution in [3.63, 3.8) is 0 Å². The van der Waals surface area contributed by atoms with E-state index >= 15 is 0 Å². The summed E-state index contributed by atoms with van der Waals surface area (Å²) in [6.45, 7) is 1.83. The molecule has 17 heavy (non-hydrogen) atoms. The predicted molar refractivity (Wildman–Crippen MR) is 59.3 cm³/mol. The van der Waals surface area contributed by atoms with Crippen molar-refractivity contribution in [1.82, 2.24) is 0 Å². The zero-order valence-corrected chi connectivity index (χ0v) is 12.0. The van der Waals surface area contributed by atoms with Gasteiger partial charge in [0, 0.05) is 6.88 Å². The number of hydrogen-bond acceptors (Lipinski definition) is 3. The number of halogens is 6. The number of hydrogen-bond donors (Lipinski definition) is 0. The summed E-state index contributed by atoms with van der Waals surface area (Å²) in [6.07, 6.45) is 0. The Morgan fingerprint density at radius 3 is 1.29 bits per heavy atom. The molecule has 11 heteroatoms. The third-order valence-corrected chi connectivity index (χ3v) is 2.28. The fraction of sp³-hybridized carbons (Fsp3) is 0. The Hall–Kier alpha value is -0.0600. The summed E-state index contributed by atoms with van der Waals surface area (Å²) in [4.78, 5) is -2.38. The second kappa shape index (κ2) is 6.21. The highest BCUT2D eigenvalue weighted by Crippen LogP contribution is 2.26. The molecule has 0 aliphatic rings. The summed E-state index contributed by atoms with van der Waals surface area (Å²) in [5.41, 5.74) is 0. The van der Waals surface area contributed by atoms with E-state index in [1.807, 2.05) is 6.88 Å². The highest BCUT2D eigenvalue weighted by Gasteiger charge is 2.28. The Labute approximate surface area is 108 Å². The minimum atomic E-state index is -5.77. The molecular weight excluding hydrogens is 405 g/mol. The molecule has 0 amide bonds. The average molecular weight is 408 g/mol. The lowest BCUT2D eigenvalue weighted by atomic mass is 10.3. The number of rotatable bonds is 1. The zero-order valence-electron chi connectivity index (χ0n) is 7.61. The first-order valence-corrected chi connectivity index (χ1v) is 9.94. The third-order valence-electron chi connectivity index (χ3n) is 1.42. The standard InChI is InChI=1S/C6HF5O3S.H2IP/c7-1-2(8)4(10)6(15(12,13)14)5(11)3(1)9;1-2/h(H,12,13,14);2H2. The molecule has 98 valence electrons. The minimum absolute atomic E-state index is 1.83. The van der Waals surface area contributed by atoms with Gasteiger partial charge in [-0.05, 0) is 0 Å².